The Hall–Kier alpha value is -3.04. The van der Waals surface area contributed by atoms with Crippen LogP contribution in [0.15, 0.2) is 35.5 Å². The molecule has 3 aromatic rings. The van der Waals surface area contributed by atoms with Gasteiger partial charge in [0.25, 0.3) is 12.0 Å². The highest BCUT2D eigenvalue weighted by Gasteiger charge is 2.46. The van der Waals surface area contributed by atoms with Crippen molar-refractivity contribution >= 4 is 16.7 Å². The first-order valence-corrected chi connectivity index (χ1v) is 10.0. The number of nitrogens with zero attached hydrogens (tertiary/aromatic N) is 3. The molecule has 5 nitrogen and oxygen atoms in total. The van der Waals surface area contributed by atoms with Gasteiger partial charge >= 0.3 is 0 Å². The minimum absolute atomic E-state index is 0.00654. The number of pyridine rings is 1. The third-order valence-corrected chi connectivity index (χ3v) is 5.92. The highest BCUT2D eigenvalue weighted by Crippen LogP contribution is 2.47. The zero-order chi connectivity index (χ0) is 23.4. The van der Waals surface area contributed by atoms with Gasteiger partial charge < -0.3 is 9.88 Å². The van der Waals surface area contributed by atoms with Crippen molar-refractivity contribution in [1.82, 2.24) is 14.5 Å². The predicted molar refractivity (Wildman–Crippen MR) is 110 cm³/mol. The number of aryl methyl sites for hydroxylation is 1. The fraction of sp³-hybridized carbons (Fsp3) is 0.409. The van der Waals surface area contributed by atoms with E-state index in [4.69, 9.17) is 0 Å². The first kappa shape index (κ1) is 22.2. The first-order valence-electron chi connectivity index (χ1n) is 10.0. The molecule has 2 heterocycles. The number of halogens is 5. The molecule has 32 heavy (non-hydrogen) atoms. The van der Waals surface area contributed by atoms with Crippen LogP contribution in [-0.2, 0) is 5.54 Å². The van der Waals surface area contributed by atoms with Crippen LogP contribution < -0.4 is 10.9 Å². The van der Waals surface area contributed by atoms with Crippen LogP contribution in [0.3, 0.4) is 0 Å². The van der Waals surface area contributed by atoms with Crippen molar-refractivity contribution in [1.29, 1.82) is 0 Å². The van der Waals surface area contributed by atoms with E-state index in [9.17, 15) is 26.7 Å². The van der Waals surface area contributed by atoms with E-state index in [2.05, 4.69) is 15.3 Å². The summed E-state index contributed by atoms with van der Waals surface area (Å²) in [4.78, 5) is 21.1. The number of anilines is 1. The maximum absolute atomic E-state index is 14.8. The van der Waals surface area contributed by atoms with Crippen LogP contribution in [0.2, 0.25) is 0 Å². The quantitative estimate of drug-likeness (QED) is 0.513. The highest BCUT2D eigenvalue weighted by atomic mass is 19.3. The zero-order valence-electron chi connectivity index (χ0n) is 17.5. The lowest BCUT2D eigenvalue weighted by Crippen LogP contribution is -2.30. The van der Waals surface area contributed by atoms with Gasteiger partial charge in [-0.2, -0.15) is 0 Å². The summed E-state index contributed by atoms with van der Waals surface area (Å²) in [6, 6.07) is 3.15. The molecule has 2 aromatic heterocycles. The molecule has 1 aromatic carbocycles. The van der Waals surface area contributed by atoms with E-state index in [1.165, 1.54) is 29.2 Å². The lowest BCUT2D eigenvalue weighted by Gasteiger charge is -2.29. The van der Waals surface area contributed by atoms with Gasteiger partial charge in [0, 0.05) is 29.3 Å². The number of nitrogens with one attached hydrogen (secondary N) is 1. The number of hydrogen-bond acceptors (Lipinski definition) is 4. The van der Waals surface area contributed by atoms with Crippen LogP contribution >= 0.6 is 0 Å². The van der Waals surface area contributed by atoms with Crippen LogP contribution in [-0.4, -0.2) is 21.0 Å². The highest BCUT2D eigenvalue weighted by molar-refractivity contribution is 5.90. The molecule has 0 saturated heterocycles. The third-order valence-electron chi connectivity index (χ3n) is 5.92. The van der Waals surface area contributed by atoms with Gasteiger partial charge in [-0.05, 0) is 27.2 Å². The Balaban J connectivity index is 1.79. The number of alkyl halides is 4. The SMILES string of the molecule is Cc1c(=O)n(C2C[C@H]2C(F)F)cc2c(NC(C)(C)c3cccc(C(F)F)c3F)ncnc12. The maximum atomic E-state index is 14.8. The smallest absolute Gasteiger partial charge is 0.266 e. The molecule has 170 valence electrons. The van der Waals surface area contributed by atoms with Crippen LogP contribution in [0, 0.1) is 18.7 Å². The van der Waals surface area contributed by atoms with Gasteiger partial charge in [-0.15, -0.1) is 0 Å². The summed E-state index contributed by atoms with van der Waals surface area (Å²) < 4.78 is 68.5. The molecule has 2 atom stereocenters. The Morgan fingerprint density at radius 2 is 1.91 bits per heavy atom. The van der Waals surface area contributed by atoms with E-state index in [1.54, 1.807) is 20.8 Å². The molecule has 1 N–H and O–H groups in total. The molecule has 10 heteroatoms. The number of rotatable bonds is 6. The van der Waals surface area contributed by atoms with E-state index in [0.29, 0.717) is 10.9 Å². The van der Waals surface area contributed by atoms with Gasteiger partial charge in [0.15, 0.2) is 0 Å². The van der Waals surface area contributed by atoms with E-state index in [1.807, 2.05) is 0 Å². The average molecular weight is 452 g/mol. The molecule has 0 bridgehead atoms. The number of hydrogen-bond donors (Lipinski definition) is 1. The fourth-order valence-corrected chi connectivity index (χ4v) is 4.01. The maximum Gasteiger partial charge on any atom is 0.266 e. The minimum atomic E-state index is -2.97. The lowest BCUT2D eigenvalue weighted by atomic mass is 9.91. The summed E-state index contributed by atoms with van der Waals surface area (Å²) in [6.45, 7) is 4.75. The van der Waals surface area contributed by atoms with Gasteiger partial charge in [-0.25, -0.2) is 31.9 Å². The normalized spacial score (nSPS) is 18.6. The van der Waals surface area contributed by atoms with Crippen LogP contribution in [0.4, 0.5) is 27.8 Å². The molecule has 4 rings (SSSR count). The molecule has 1 unspecified atom stereocenters. The molecule has 0 aliphatic heterocycles. The van der Waals surface area contributed by atoms with Crippen molar-refractivity contribution in [3.8, 4) is 0 Å². The Bertz CT molecular complexity index is 1240. The van der Waals surface area contributed by atoms with Gasteiger partial charge in [0.2, 0.25) is 6.43 Å². The van der Waals surface area contributed by atoms with Crippen molar-refractivity contribution in [2.24, 2.45) is 5.92 Å². The number of fused-ring (bicyclic) bond motifs is 1. The van der Waals surface area contributed by atoms with Gasteiger partial charge in [-0.1, -0.05) is 18.2 Å². The first-order chi connectivity index (χ1) is 15.0. The lowest BCUT2D eigenvalue weighted by molar-refractivity contribution is 0.116. The van der Waals surface area contributed by atoms with Crippen LogP contribution in [0.25, 0.3) is 10.9 Å². The molecule has 1 fully saturated rings. The fourth-order valence-electron chi connectivity index (χ4n) is 4.01. The van der Waals surface area contributed by atoms with Gasteiger partial charge in [0.1, 0.15) is 18.0 Å². The van der Waals surface area contributed by atoms with Gasteiger partial charge in [0.05, 0.1) is 22.0 Å². The Kier molecular flexibility index (Phi) is 5.42. The summed E-state index contributed by atoms with van der Waals surface area (Å²) in [5.74, 6) is -1.69. The molecular formula is C22H21F5N4O. The Labute approximate surface area is 180 Å². The molecule has 1 saturated carbocycles. The number of benzene rings is 1. The second kappa shape index (κ2) is 7.83. The second-order valence-electron chi connectivity index (χ2n) is 8.51. The van der Waals surface area contributed by atoms with Crippen molar-refractivity contribution < 1.29 is 22.0 Å². The summed E-state index contributed by atoms with van der Waals surface area (Å²) >= 11 is 0. The summed E-state index contributed by atoms with van der Waals surface area (Å²) in [7, 11) is 0. The van der Waals surface area contributed by atoms with E-state index < -0.39 is 47.3 Å². The Morgan fingerprint density at radius 1 is 1.19 bits per heavy atom. The van der Waals surface area contributed by atoms with Crippen LogP contribution in [0.5, 0.6) is 0 Å². The molecule has 0 amide bonds. The molecule has 0 radical (unpaired) electrons. The monoisotopic (exact) mass is 452 g/mol. The van der Waals surface area contributed by atoms with E-state index in [-0.39, 0.29) is 23.4 Å². The molecule has 0 spiro atoms. The van der Waals surface area contributed by atoms with E-state index in [0.717, 1.165) is 6.07 Å². The molecule has 1 aliphatic rings. The van der Waals surface area contributed by atoms with Crippen molar-refractivity contribution in [3.63, 3.8) is 0 Å². The number of aromatic nitrogens is 3. The predicted octanol–water partition coefficient (Wildman–Crippen LogP) is 5.35. The average Bonchev–Trinajstić information content (AvgIpc) is 3.51. The van der Waals surface area contributed by atoms with Crippen LogP contribution in [0.1, 0.15) is 49.4 Å². The van der Waals surface area contributed by atoms with Crippen molar-refractivity contribution in [3.05, 3.63) is 63.6 Å². The summed E-state index contributed by atoms with van der Waals surface area (Å²) in [5.41, 5.74) is -1.68. The summed E-state index contributed by atoms with van der Waals surface area (Å²) in [6.07, 6.45) is -2.65. The standard InChI is InChI=1S/C22H21F5N4O/c1-10-17-13(8-31(21(10)32)15-7-12(15)19(26)27)20(29-9-28-17)30-22(2,3)14-6-4-5-11(16(14)23)18(24)25/h4-6,8-9,12,15,18-19H,7H2,1-3H3,(H,28,29,30)/t12-,15?/m1/s1. The van der Waals surface area contributed by atoms with Gasteiger partial charge in [-0.3, -0.25) is 4.79 Å². The van der Waals surface area contributed by atoms with Crippen molar-refractivity contribution in [2.75, 3.05) is 5.32 Å². The zero-order valence-corrected chi connectivity index (χ0v) is 17.5. The second-order valence-corrected chi connectivity index (χ2v) is 8.51. The van der Waals surface area contributed by atoms with E-state index >= 15 is 0 Å². The van der Waals surface area contributed by atoms with Crippen molar-refractivity contribution in [2.45, 2.75) is 51.6 Å². The molecule has 1 aliphatic carbocycles. The summed E-state index contributed by atoms with van der Waals surface area (Å²) in [5, 5.41) is 3.44. The minimum Gasteiger partial charge on any atom is -0.360 e. The molecular weight excluding hydrogens is 431 g/mol. The largest absolute Gasteiger partial charge is 0.360 e. The third kappa shape index (κ3) is 3.71. The Morgan fingerprint density at radius 3 is 2.53 bits per heavy atom. The topological polar surface area (TPSA) is 59.8 Å².